The number of aryl methyl sites for hydroxylation is 2. The van der Waals surface area contributed by atoms with Gasteiger partial charge in [0.15, 0.2) is 5.11 Å². The van der Waals surface area contributed by atoms with Crippen LogP contribution in [0.3, 0.4) is 0 Å². The second kappa shape index (κ2) is 9.67. The number of hydrogen-bond acceptors (Lipinski definition) is 5. The summed E-state index contributed by atoms with van der Waals surface area (Å²) in [5.74, 6) is 1.83. The number of benzene rings is 1. The number of nitrogens with zero attached hydrogens (tertiary/aromatic N) is 3. The Kier molecular flexibility index (Phi) is 7.28. The molecule has 0 aliphatic rings. The molecule has 0 aliphatic carbocycles. The molecular weight excluding hydrogens is 348 g/mol. The molecule has 0 atom stereocenters. The summed E-state index contributed by atoms with van der Waals surface area (Å²) < 4.78 is 5.17. The second-order valence-electron chi connectivity index (χ2n) is 5.63. The first-order valence-electron chi connectivity index (χ1n) is 8.25. The SMILES string of the molecule is CNC(=S)NC(=NCCc1ccc(OC)cc1)Nc1nc(C)cc(C)n1. The van der Waals surface area contributed by atoms with Gasteiger partial charge in [-0.05, 0) is 56.2 Å². The summed E-state index contributed by atoms with van der Waals surface area (Å²) in [5, 5.41) is 9.45. The fraction of sp³-hybridized carbons (Fsp3) is 0.333. The molecular formula is C18H24N6OS. The molecule has 1 aromatic heterocycles. The molecule has 0 spiro atoms. The number of guanidine groups is 1. The lowest BCUT2D eigenvalue weighted by Crippen LogP contribution is -2.41. The molecule has 138 valence electrons. The zero-order valence-electron chi connectivity index (χ0n) is 15.5. The lowest BCUT2D eigenvalue weighted by Gasteiger charge is -2.12. The Labute approximate surface area is 159 Å². The Morgan fingerprint density at radius 3 is 2.38 bits per heavy atom. The topological polar surface area (TPSA) is 83.5 Å². The van der Waals surface area contributed by atoms with Crippen LogP contribution in [0, 0.1) is 13.8 Å². The summed E-state index contributed by atoms with van der Waals surface area (Å²) in [5.41, 5.74) is 2.94. The summed E-state index contributed by atoms with van der Waals surface area (Å²) >= 11 is 5.17. The third-order valence-electron chi connectivity index (χ3n) is 3.50. The largest absolute Gasteiger partial charge is 0.497 e. The number of ether oxygens (including phenoxy) is 1. The Balaban J connectivity index is 2.06. The highest BCUT2D eigenvalue weighted by atomic mass is 32.1. The van der Waals surface area contributed by atoms with Gasteiger partial charge in [-0.3, -0.25) is 10.3 Å². The smallest absolute Gasteiger partial charge is 0.229 e. The van der Waals surface area contributed by atoms with Gasteiger partial charge in [-0.2, -0.15) is 0 Å². The van der Waals surface area contributed by atoms with E-state index in [0.717, 1.165) is 23.6 Å². The molecule has 0 radical (unpaired) electrons. The van der Waals surface area contributed by atoms with E-state index in [-0.39, 0.29) is 0 Å². The average Bonchev–Trinajstić information content (AvgIpc) is 2.61. The van der Waals surface area contributed by atoms with Gasteiger partial charge >= 0.3 is 0 Å². The molecule has 0 saturated heterocycles. The van der Waals surface area contributed by atoms with E-state index in [1.165, 1.54) is 5.56 Å². The van der Waals surface area contributed by atoms with E-state index in [1.54, 1.807) is 14.2 Å². The number of thiocarbonyl (C=S) groups is 1. The van der Waals surface area contributed by atoms with Gasteiger partial charge in [-0.15, -0.1) is 0 Å². The summed E-state index contributed by atoms with van der Waals surface area (Å²) in [6.07, 6.45) is 0.789. The van der Waals surface area contributed by atoms with Gasteiger partial charge in [-0.25, -0.2) is 9.97 Å². The minimum absolute atomic E-state index is 0.463. The number of nitrogens with one attached hydrogen (secondary N) is 3. The van der Waals surface area contributed by atoms with Crippen molar-refractivity contribution in [2.24, 2.45) is 4.99 Å². The van der Waals surface area contributed by atoms with Crippen LogP contribution >= 0.6 is 12.2 Å². The number of aromatic nitrogens is 2. The van der Waals surface area contributed by atoms with Crippen molar-refractivity contribution in [3.63, 3.8) is 0 Å². The van der Waals surface area contributed by atoms with Gasteiger partial charge in [0.05, 0.1) is 7.11 Å². The lowest BCUT2D eigenvalue weighted by atomic mass is 10.1. The van der Waals surface area contributed by atoms with Gasteiger partial charge in [0.1, 0.15) is 5.75 Å². The van der Waals surface area contributed by atoms with Gasteiger partial charge in [0, 0.05) is 25.0 Å². The zero-order chi connectivity index (χ0) is 18.9. The summed E-state index contributed by atoms with van der Waals surface area (Å²) in [6, 6.07) is 9.85. The van der Waals surface area contributed by atoms with E-state index in [4.69, 9.17) is 17.0 Å². The fourth-order valence-corrected chi connectivity index (χ4v) is 2.35. The van der Waals surface area contributed by atoms with Gasteiger partial charge in [-0.1, -0.05) is 12.1 Å². The second-order valence-corrected chi connectivity index (χ2v) is 6.04. The van der Waals surface area contributed by atoms with Gasteiger partial charge in [0.25, 0.3) is 0 Å². The van der Waals surface area contributed by atoms with Crippen LogP contribution in [-0.4, -0.2) is 41.7 Å². The van der Waals surface area contributed by atoms with E-state index in [1.807, 2.05) is 44.2 Å². The number of methoxy groups -OCH3 is 1. The van der Waals surface area contributed by atoms with Crippen LogP contribution in [0.5, 0.6) is 5.75 Å². The van der Waals surface area contributed by atoms with Crippen LogP contribution in [0.15, 0.2) is 35.3 Å². The fourth-order valence-electron chi connectivity index (χ4n) is 2.26. The van der Waals surface area contributed by atoms with Gasteiger partial charge < -0.3 is 15.4 Å². The van der Waals surface area contributed by atoms with Crippen molar-refractivity contribution in [3.05, 3.63) is 47.3 Å². The predicted molar refractivity (Wildman–Crippen MR) is 109 cm³/mol. The Morgan fingerprint density at radius 2 is 1.81 bits per heavy atom. The molecule has 2 aromatic rings. The number of anilines is 1. The molecule has 3 N–H and O–H groups in total. The standard InChI is InChI=1S/C18H24N6OS/c1-12-11-13(2)22-17(21-12)23-16(24-18(26)19-3)20-10-9-14-5-7-15(25-4)8-6-14/h5-8,11H,9-10H2,1-4H3,(H3,19,20,21,22,23,24,26). The average molecular weight is 372 g/mol. The van der Waals surface area contributed by atoms with Crippen molar-refractivity contribution in [1.29, 1.82) is 0 Å². The molecule has 26 heavy (non-hydrogen) atoms. The Hall–Kier alpha value is -2.74. The Bertz CT molecular complexity index is 756. The van der Waals surface area contributed by atoms with E-state index in [2.05, 4.69) is 30.9 Å². The van der Waals surface area contributed by atoms with Crippen LogP contribution in [0.2, 0.25) is 0 Å². The van der Waals surface area contributed by atoms with Crippen LogP contribution in [0.25, 0.3) is 0 Å². The summed E-state index contributed by atoms with van der Waals surface area (Å²) in [6.45, 7) is 4.43. The van der Waals surface area contributed by atoms with Gasteiger partial charge in [0.2, 0.25) is 11.9 Å². The molecule has 2 rings (SSSR count). The van der Waals surface area contributed by atoms with E-state index < -0.39 is 0 Å². The monoisotopic (exact) mass is 372 g/mol. The minimum Gasteiger partial charge on any atom is -0.497 e. The van der Waals surface area contributed by atoms with Crippen molar-refractivity contribution >= 4 is 29.2 Å². The van der Waals surface area contributed by atoms with Crippen LogP contribution in [-0.2, 0) is 6.42 Å². The van der Waals surface area contributed by atoms with Crippen molar-refractivity contribution in [2.45, 2.75) is 20.3 Å². The van der Waals surface area contributed by atoms with Crippen molar-refractivity contribution < 1.29 is 4.74 Å². The molecule has 0 fully saturated rings. The van der Waals surface area contributed by atoms with Crippen LogP contribution in [0.1, 0.15) is 17.0 Å². The molecule has 0 aliphatic heterocycles. The van der Waals surface area contributed by atoms with Crippen LogP contribution < -0.4 is 20.7 Å². The molecule has 0 saturated carbocycles. The zero-order valence-corrected chi connectivity index (χ0v) is 16.3. The van der Waals surface area contributed by atoms with E-state index in [0.29, 0.717) is 23.6 Å². The van der Waals surface area contributed by atoms with Crippen LogP contribution in [0.4, 0.5) is 5.95 Å². The maximum absolute atomic E-state index is 5.17. The van der Waals surface area contributed by atoms with Crippen molar-refractivity contribution in [1.82, 2.24) is 20.6 Å². The summed E-state index contributed by atoms with van der Waals surface area (Å²) in [7, 11) is 3.40. The third-order valence-corrected chi connectivity index (χ3v) is 3.81. The maximum Gasteiger partial charge on any atom is 0.229 e. The highest BCUT2D eigenvalue weighted by molar-refractivity contribution is 7.80. The number of rotatable bonds is 5. The van der Waals surface area contributed by atoms with Crippen molar-refractivity contribution in [2.75, 3.05) is 26.0 Å². The molecule has 7 nitrogen and oxygen atoms in total. The molecule has 0 amide bonds. The first-order valence-corrected chi connectivity index (χ1v) is 8.66. The Morgan fingerprint density at radius 1 is 1.15 bits per heavy atom. The summed E-state index contributed by atoms with van der Waals surface area (Å²) in [4.78, 5) is 13.3. The first kappa shape index (κ1) is 19.6. The molecule has 1 aromatic carbocycles. The normalized spacial score (nSPS) is 11.0. The predicted octanol–water partition coefficient (Wildman–Crippen LogP) is 2.21. The number of hydrogen-bond donors (Lipinski definition) is 3. The highest BCUT2D eigenvalue weighted by Gasteiger charge is 2.06. The third kappa shape index (κ3) is 6.29. The molecule has 1 heterocycles. The quantitative estimate of drug-likeness (QED) is 0.422. The maximum atomic E-state index is 5.17. The molecule has 0 unspecified atom stereocenters. The lowest BCUT2D eigenvalue weighted by molar-refractivity contribution is 0.414. The van der Waals surface area contributed by atoms with Crippen molar-refractivity contribution in [3.8, 4) is 5.75 Å². The molecule has 0 bridgehead atoms. The minimum atomic E-state index is 0.463. The highest BCUT2D eigenvalue weighted by Crippen LogP contribution is 2.11. The van der Waals surface area contributed by atoms with E-state index >= 15 is 0 Å². The number of aliphatic imine (C=N–C) groups is 1. The molecule has 8 heteroatoms. The first-order chi connectivity index (χ1) is 12.5. The van der Waals surface area contributed by atoms with E-state index in [9.17, 15) is 0 Å².